The van der Waals surface area contributed by atoms with E-state index in [1.807, 2.05) is 32.0 Å². The van der Waals surface area contributed by atoms with Gasteiger partial charge < -0.3 is 15.4 Å². The first-order valence-corrected chi connectivity index (χ1v) is 7.78. The van der Waals surface area contributed by atoms with Crippen LogP contribution in [0.1, 0.15) is 21.5 Å². The van der Waals surface area contributed by atoms with Crippen molar-refractivity contribution in [3.8, 4) is 0 Å². The number of carbonyl (C=O) groups is 2. The van der Waals surface area contributed by atoms with Crippen LogP contribution in [0.25, 0.3) is 0 Å². The molecule has 0 atom stereocenters. The Hall–Kier alpha value is -2.53. The fourth-order valence-electron chi connectivity index (χ4n) is 2.16. The minimum atomic E-state index is -0.463. The van der Waals surface area contributed by atoms with Gasteiger partial charge in [0.25, 0.3) is 0 Å². The molecule has 5 nitrogen and oxygen atoms in total. The number of hydrogen-bond donors (Lipinski definition) is 2. The molecule has 2 rings (SSSR count). The third kappa shape index (κ3) is 4.26. The van der Waals surface area contributed by atoms with Crippen molar-refractivity contribution in [1.82, 2.24) is 0 Å². The first-order valence-electron chi connectivity index (χ1n) is 7.40. The number of nitrogens with one attached hydrogen (secondary N) is 2. The van der Waals surface area contributed by atoms with Crippen LogP contribution in [0.5, 0.6) is 0 Å². The highest BCUT2D eigenvalue weighted by Crippen LogP contribution is 2.23. The maximum Gasteiger partial charge on any atom is 0.337 e. The first-order chi connectivity index (χ1) is 11.4. The van der Waals surface area contributed by atoms with Gasteiger partial charge in [0.05, 0.1) is 29.9 Å². The summed E-state index contributed by atoms with van der Waals surface area (Å²) < 4.78 is 4.67. The average Bonchev–Trinajstić information content (AvgIpc) is 2.57. The number of esters is 1. The maximum atomic E-state index is 12.1. The van der Waals surface area contributed by atoms with Crippen LogP contribution in [-0.2, 0) is 9.53 Å². The number of carbonyl (C=O) groups excluding carboxylic acids is 2. The van der Waals surface area contributed by atoms with Gasteiger partial charge in [0.15, 0.2) is 0 Å². The summed E-state index contributed by atoms with van der Waals surface area (Å²) in [4.78, 5) is 23.7. The lowest BCUT2D eigenvalue weighted by molar-refractivity contribution is -0.114. The van der Waals surface area contributed by atoms with E-state index in [1.165, 1.54) is 7.11 Å². The van der Waals surface area contributed by atoms with Crippen molar-refractivity contribution in [3.05, 3.63) is 58.1 Å². The topological polar surface area (TPSA) is 67.4 Å². The van der Waals surface area contributed by atoms with E-state index in [1.54, 1.807) is 18.2 Å². The van der Waals surface area contributed by atoms with E-state index in [9.17, 15) is 9.59 Å². The number of rotatable bonds is 5. The van der Waals surface area contributed by atoms with Gasteiger partial charge in [-0.2, -0.15) is 0 Å². The van der Waals surface area contributed by atoms with Crippen LogP contribution in [0.4, 0.5) is 11.4 Å². The van der Waals surface area contributed by atoms with Gasteiger partial charge in [-0.25, -0.2) is 4.79 Å². The summed E-state index contributed by atoms with van der Waals surface area (Å²) in [5, 5.41) is 6.21. The molecule has 2 N–H and O–H groups in total. The molecule has 0 unspecified atom stereocenters. The van der Waals surface area contributed by atoms with Crippen molar-refractivity contribution >= 4 is 34.9 Å². The highest BCUT2D eigenvalue weighted by atomic mass is 35.5. The molecule has 0 fully saturated rings. The van der Waals surface area contributed by atoms with Crippen LogP contribution in [-0.4, -0.2) is 25.5 Å². The molecule has 0 radical (unpaired) electrons. The van der Waals surface area contributed by atoms with Gasteiger partial charge in [-0.05, 0) is 49.2 Å². The Morgan fingerprint density at radius 1 is 1.12 bits per heavy atom. The lowest BCUT2D eigenvalue weighted by Crippen LogP contribution is -2.22. The van der Waals surface area contributed by atoms with Gasteiger partial charge in [0.1, 0.15) is 0 Å². The molecule has 0 aliphatic rings. The summed E-state index contributed by atoms with van der Waals surface area (Å²) in [5.41, 5.74) is 3.76. The van der Waals surface area contributed by atoms with Crippen molar-refractivity contribution < 1.29 is 14.3 Å². The van der Waals surface area contributed by atoms with Gasteiger partial charge in [-0.1, -0.05) is 23.7 Å². The van der Waals surface area contributed by atoms with Crippen LogP contribution in [0.15, 0.2) is 36.4 Å². The van der Waals surface area contributed by atoms with Gasteiger partial charge in [-0.3, -0.25) is 4.79 Å². The number of benzene rings is 2. The van der Waals surface area contributed by atoms with Gasteiger partial charge in [0.2, 0.25) is 5.91 Å². The molecule has 0 aliphatic heterocycles. The molecule has 24 heavy (non-hydrogen) atoms. The third-order valence-electron chi connectivity index (χ3n) is 3.71. The quantitative estimate of drug-likeness (QED) is 0.808. The molecule has 0 saturated carbocycles. The Balaban J connectivity index is 2.04. The van der Waals surface area contributed by atoms with Crippen molar-refractivity contribution in [2.24, 2.45) is 0 Å². The zero-order valence-electron chi connectivity index (χ0n) is 13.8. The van der Waals surface area contributed by atoms with Crippen molar-refractivity contribution in [3.63, 3.8) is 0 Å². The second kappa shape index (κ2) is 7.84. The number of hydrogen-bond acceptors (Lipinski definition) is 4. The standard InChI is InChI=1S/C18H19ClN2O3/c1-11-5-4-6-15(12(11)2)21-17(22)10-20-16-9-13(18(23)24-3)7-8-14(16)19/h4-9,20H,10H2,1-3H3,(H,21,22). The molecule has 0 aliphatic carbocycles. The maximum absolute atomic E-state index is 12.1. The number of halogens is 1. The molecule has 126 valence electrons. The lowest BCUT2D eigenvalue weighted by atomic mass is 10.1. The van der Waals surface area contributed by atoms with Crippen molar-refractivity contribution in [1.29, 1.82) is 0 Å². The normalized spacial score (nSPS) is 10.2. The molecule has 0 heterocycles. The number of ether oxygens (including phenoxy) is 1. The zero-order chi connectivity index (χ0) is 17.7. The smallest absolute Gasteiger partial charge is 0.337 e. The Morgan fingerprint density at radius 3 is 2.58 bits per heavy atom. The van der Waals surface area contributed by atoms with Gasteiger partial charge in [0, 0.05) is 5.69 Å². The van der Waals surface area contributed by atoms with Gasteiger partial charge >= 0.3 is 5.97 Å². The van der Waals surface area contributed by atoms with E-state index in [-0.39, 0.29) is 12.5 Å². The number of anilines is 2. The molecule has 6 heteroatoms. The predicted octanol–water partition coefficient (Wildman–Crippen LogP) is 3.79. The SMILES string of the molecule is COC(=O)c1ccc(Cl)c(NCC(=O)Nc2cccc(C)c2C)c1. The van der Waals surface area contributed by atoms with E-state index in [0.29, 0.717) is 16.3 Å². The van der Waals surface area contributed by atoms with E-state index < -0.39 is 5.97 Å². The summed E-state index contributed by atoms with van der Waals surface area (Å²) >= 11 is 6.09. The summed E-state index contributed by atoms with van der Waals surface area (Å²) in [6.07, 6.45) is 0. The van der Waals surface area contributed by atoms with Crippen molar-refractivity contribution in [2.45, 2.75) is 13.8 Å². The monoisotopic (exact) mass is 346 g/mol. The summed E-state index contributed by atoms with van der Waals surface area (Å²) in [5.74, 6) is -0.669. The molecule has 0 bridgehead atoms. The Labute approximate surface area is 146 Å². The van der Waals surface area contributed by atoms with Crippen LogP contribution in [0.3, 0.4) is 0 Å². The van der Waals surface area contributed by atoms with Crippen LogP contribution in [0.2, 0.25) is 5.02 Å². The number of aryl methyl sites for hydroxylation is 1. The summed E-state index contributed by atoms with van der Waals surface area (Å²) in [6.45, 7) is 3.97. The van der Waals surface area contributed by atoms with Crippen LogP contribution in [0, 0.1) is 13.8 Å². The largest absolute Gasteiger partial charge is 0.465 e. The molecular weight excluding hydrogens is 328 g/mol. The zero-order valence-corrected chi connectivity index (χ0v) is 14.5. The Morgan fingerprint density at radius 2 is 1.88 bits per heavy atom. The fourth-order valence-corrected chi connectivity index (χ4v) is 2.35. The summed E-state index contributed by atoms with van der Waals surface area (Å²) in [7, 11) is 1.31. The highest BCUT2D eigenvalue weighted by molar-refractivity contribution is 6.33. The molecule has 0 spiro atoms. The number of amides is 1. The number of methoxy groups -OCH3 is 1. The second-order valence-electron chi connectivity index (χ2n) is 5.34. The van der Waals surface area contributed by atoms with E-state index in [2.05, 4.69) is 15.4 Å². The van der Waals surface area contributed by atoms with Crippen molar-refractivity contribution in [2.75, 3.05) is 24.3 Å². The minimum Gasteiger partial charge on any atom is -0.465 e. The molecule has 0 saturated heterocycles. The molecular formula is C18H19ClN2O3. The third-order valence-corrected chi connectivity index (χ3v) is 4.04. The fraction of sp³-hybridized carbons (Fsp3) is 0.222. The molecule has 1 amide bonds. The van der Waals surface area contributed by atoms with Gasteiger partial charge in [-0.15, -0.1) is 0 Å². The predicted molar refractivity (Wildman–Crippen MR) is 95.8 cm³/mol. The molecule has 2 aromatic rings. The average molecular weight is 347 g/mol. The van der Waals surface area contributed by atoms with E-state index >= 15 is 0 Å². The highest BCUT2D eigenvalue weighted by Gasteiger charge is 2.11. The van der Waals surface area contributed by atoms with E-state index in [0.717, 1.165) is 16.8 Å². The van der Waals surface area contributed by atoms with E-state index in [4.69, 9.17) is 11.6 Å². The molecule has 0 aromatic heterocycles. The minimum absolute atomic E-state index is 0.0255. The van der Waals surface area contributed by atoms with Crippen LogP contribution >= 0.6 is 11.6 Å². The Bertz CT molecular complexity index is 775. The molecule has 2 aromatic carbocycles. The van der Waals surface area contributed by atoms with Crippen LogP contribution < -0.4 is 10.6 Å². The Kier molecular flexibility index (Phi) is 5.82. The second-order valence-corrected chi connectivity index (χ2v) is 5.74. The lowest BCUT2D eigenvalue weighted by Gasteiger charge is -2.12. The first kappa shape index (κ1) is 17.8. The summed E-state index contributed by atoms with van der Waals surface area (Å²) in [6, 6.07) is 10.4.